The second kappa shape index (κ2) is 9.16. The predicted octanol–water partition coefficient (Wildman–Crippen LogP) is 5.83. The van der Waals surface area contributed by atoms with Crippen LogP contribution in [-0.2, 0) is 0 Å². The Kier molecular flexibility index (Phi) is 5.73. The molecule has 0 saturated heterocycles. The number of imidazole rings is 1. The van der Waals surface area contributed by atoms with Crippen LogP contribution < -0.4 is 5.32 Å². The number of nitrogens with one attached hydrogen (secondary N) is 2. The lowest BCUT2D eigenvalue weighted by atomic mass is 9.75. The van der Waals surface area contributed by atoms with E-state index >= 15 is 0 Å². The highest BCUT2D eigenvalue weighted by Crippen LogP contribution is 2.58. The van der Waals surface area contributed by atoms with Crippen molar-refractivity contribution in [3.8, 4) is 0 Å². The molecular weight excluding hydrogens is 479 g/mol. The first-order valence-electron chi connectivity index (χ1n) is 13.9. The van der Waals surface area contributed by atoms with Gasteiger partial charge in [0, 0.05) is 29.1 Å². The molecule has 1 amide bonds. The number of aliphatic hydroxyl groups excluding tert-OH is 1. The molecule has 5 atom stereocenters. The van der Waals surface area contributed by atoms with E-state index in [1.54, 1.807) is 12.1 Å². The SMILES string of the molecule is CC(CC1CC2CC1CC2c1ccnc2ccc(F)cc12)c1nc2ccc(C(=O)NC3CC(O)C3)cc2[nH]1. The number of pyridine rings is 1. The van der Waals surface area contributed by atoms with E-state index in [0.717, 1.165) is 40.6 Å². The van der Waals surface area contributed by atoms with Gasteiger partial charge in [-0.3, -0.25) is 9.78 Å². The Morgan fingerprint density at radius 3 is 2.71 bits per heavy atom. The average molecular weight is 513 g/mol. The van der Waals surface area contributed by atoms with Crippen LogP contribution in [-0.4, -0.2) is 38.1 Å². The molecule has 2 aromatic heterocycles. The number of carbonyl (C=O) groups excluding carboxylic acids is 1. The van der Waals surface area contributed by atoms with Crippen LogP contribution in [0.5, 0.6) is 0 Å². The van der Waals surface area contributed by atoms with Crippen molar-refractivity contribution < 1.29 is 14.3 Å². The lowest BCUT2D eigenvalue weighted by Gasteiger charge is -2.31. The quantitative estimate of drug-likeness (QED) is 0.303. The molecule has 4 aromatic rings. The number of aromatic nitrogens is 3. The van der Waals surface area contributed by atoms with Gasteiger partial charge in [0.05, 0.1) is 22.7 Å². The zero-order chi connectivity index (χ0) is 26.0. The predicted molar refractivity (Wildman–Crippen MR) is 144 cm³/mol. The fraction of sp³-hybridized carbons (Fsp3) is 0.452. The number of aromatic amines is 1. The van der Waals surface area contributed by atoms with Gasteiger partial charge in [0.25, 0.3) is 5.91 Å². The van der Waals surface area contributed by atoms with Gasteiger partial charge in [-0.25, -0.2) is 9.37 Å². The first-order valence-corrected chi connectivity index (χ1v) is 13.9. The summed E-state index contributed by atoms with van der Waals surface area (Å²) in [6.45, 7) is 2.25. The Labute approximate surface area is 221 Å². The minimum atomic E-state index is -0.291. The maximum Gasteiger partial charge on any atom is 0.251 e. The highest BCUT2D eigenvalue weighted by atomic mass is 19.1. The van der Waals surface area contributed by atoms with Crippen molar-refractivity contribution in [2.24, 2.45) is 17.8 Å². The van der Waals surface area contributed by atoms with E-state index in [-0.39, 0.29) is 23.9 Å². The Hall–Kier alpha value is -3.32. The van der Waals surface area contributed by atoms with Crippen molar-refractivity contribution in [2.45, 2.75) is 69.4 Å². The molecule has 3 fully saturated rings. The fourth-order valence-electron chi connectivity index (χ4n) is 7.47. The van der Waals surface area contributed by atoms with Gasteiger partial charge in [-0.1, -0.05) is 6.92 Å². The van der Waals surface area contributed by atoms with Gasteiger partial charge in [0.1, 0.15) is 11.6 Å². The van der Waals surface area contributed by atoms with Gasteiger partial charge in [-0.15, -0.1) is 0 Å². The molecule has 2 aromatic carbocycles. The number of rotatable bonds is 6. The van der Waals surface area contributed by atoms with Gasteiger partial charge >= 0.3 is 0 Å². The molecule has 0 radical (unpaired) electrons. The molecule has 0 spiro atoms. The molecule has 7 heteroatoms. The number of halogens is 1. The van der Waals surface area contributed by atoms with E-state index in [1.807, 2.05) is 24.4 Å². The van der Waals surface area contributed by atoms with Crippen LogP contribution >= 0.6 is 0 Å². The van der Waals surface area contributed by atoms with Gasteiger partial charge in [-0.05, 0) is 110 Å². The largest absolute Gasteiger partial charge is 0.393 e. The molecule has 3 N–H and O–H groups in total. The lowest BCUT2D eigenvalue weighted by molar-refractivity contribution is 0.0562. The third kappa shape index (κ3) is 4.17. The van der Waals surface area contributed by atoms with Crippen LogP contribution in [0.3, 0.4) is 0 Å². The van der Waals surface area contributed by atoms with Crippen LogP contribution in [0.15, 0.2) is 48.7 Å². The average Bonchev–Trinajstić information content (AvgIpc) is 3.61. The Bertz CT molecular complexity index is 1530. The maximum atomic E-state index is 14.0. The summed E-state index contributed by atoms with van der Waals surface area (Å²) in [5.74, 6) is 3.46. The standard InChI is InChI=1S/C31H33FN4O2/c1-16(30-35-28-4-2-17(12-29(28)36-30)31(38)34-22-14-23(37)15-22)8-18-9-20-10-19(18)11-25(20)24-6-7-33-27-5-3-21(32)13-26(24)27/h2-7,12-13,16,18-20,22-23,25,37H,8-11,14-15H2,1H3,(H,34,38)(H,35,36). The molecule has 6 nitrogen and oxygen atoms in total. The smallest absolute Gasteiger partial charge is 0.251 e. The number of H-pyrrole nitrogens is 1. The fourth-order valence-corrected chi connectivity index (χ4v) is 7.47. The molecule has 2 bridgehead atoms. The summed E-state index contributed by atoms with van der Waals surface area (Å²) in [6, 6.07) is 12.7. The van der Waals surface area contributed by atoms with Gasteiger partial charge in [-0.2, -0.15) is 0 Å². The van der Waals surface area contributed by atoms with Crippen molar-refractivity contribution in [3.63, 3.8) is 0 Å². The molecule has 38 heavy (non-hydrogen) atoms. The van der Waals surface area contributed by atoms with E-state index in [2.05, 4.69) is 28.3 Å². The summed E-state index contributed by atoms with van der Waals surface area (Å²) in [5.41, 5.74) is 4.53. The van der Waals surface area contributed by atoms with Crippen LogP contribution in [0.25, 0.3) is 21.9 Å². The number of carbonyl (C=O) groups is 1. The minimum Gasteiger partial charge on any atom is -0.393 e. The first-order chi connectivity index (χ1) is 18.4. The first kappa shape index (κ1) is 23.8. The van der Waals surface area contributed by atoms with E-state index in [4.69, 9.17) is 4.98 Å². The van der Waals surface area contributed by atoms with Crippen molar-refractivity contribution in [3.05, 3.63) is 71.4 Å². The number of benzene rings is 2. The molecule has 2 heterocycles. The van der Waals surface area contributed by atoms with Crippen molar-refractivity contribution in [1.29, 1.82) is 0 Å². The van der Waals surface area contributed by atoms with E-state index in [0.29, 0.717) is 48.0 Å². The van der Waals surface area contributed by atoms with E-state index in [9.17, 15) is 14.3 Å². The molecule has 3 aliphatic carbocycles. The van der Waals surface area contributed by atoms with Gasteiger partial charge < -0.3 is 15.4 Å². The summed E-state index contributed by atoms with van der Waals surface area (Å²) in [5, 5.41) is 13.4. The summed E-state index contributed by atoms with van der Waals surface area (Å²) >= 11 is 0. The monoisotopic (exact) mass is 512 g/mol. The maximum absolute atomic E-state index is 14.0. The van der Waals surface area contributed by atoms with Gasteiger partial charge in [0.15, 0.2) is 0 Å². The van der Waals surface area contributed by atoms with Gasteiger partial charge in [0.2, 0.25) is 0 Å². The summed E-state index contributed by atoms with van der Waals surface area (Å²) in [6.07, 6.45) is 7.54. The molecule has 7 rings (SSSR count). The topological polar surface area (TPSA) is 90.9 Å². The Balaban J connectivity index is 1.02. The molecule has 3 aliphatic rings. The normalized spacial score (nSPS) is 29.0. The second-order valence-electron chi connectivity index (χ2n) is 11.9. The second-order valence-corrected chi connectivity index (χ2v) is 11.9. The number of fused-ring (bicyclic) bond motifs is 4. The summed E-state index contributed by atoms with van der Waals surface area (Å²) < 4.78 is 14.0. The highest BCUT2D eigenvalue weighted by molar-refractivity contribution is 5.97. The third-order valence-electron chi connectivity index (χ3n) is 9.47. The number of hydrogen-bond acceptors (Lipinski definition) is 4. The molecule has 5 unspecified atom stereocenters. The Morgan fingerprint density at radius 2 is 1.92 bits per heavy atom. The zero-order valence-corrected chi connectivity index (χ0v) is 21.5. The van der Waals surface area contributed by atoms with E-state index in [1.165, 1.54) is 24.5 Å². The number of aliphatic hydroxyl groups is 1. The van der Waals surface area contributed by atoms with Crippen LogP contribution in [0.1, 0.15) is 79.0 Å². The highest BCUT2D eigenvalue weighted by Gasteiger charge is 2.46. The van der Waals surface area contributed by atoms with Crippen molar-refractivity contribution in [1.82, 2.24) is 20.3 Å². The summed E-state index contributed by atoms with van der Waals surface area (Å²) in [4.78, 5) is 25.4. The third-order valence-corrected chi connectivity index (χ3v) is 9.47. The molecular formula is C31H33FN4O2. The Morgan fingerprint density at radius 1 is 1.08 bits per heavy atom. The minimum absolute atomic E-state index is 0.0605. The number of hydrogen-bond donors (Lipinski definition) is 3. The number of nitrogens with zero attached hydrogens (tertiary/aromatic N) is 2. The van der Waals surface area contributed by atoms with Crippen LogP contribution in [0.4, 0.5) is 4.39 Å². The van der Waals surface area contributed by atoms with Crippen LogP contribution in [0, 0.1) is 23.6 Å². The lowest BCUT2D eigenvalue weighted by Crippen LogP contribution is -2.46. The van der Waals surface area contributed by atoms with Crippen molar-refractivity contribution in [2.75, 3.05) is 0 Å². The van der Waals surface area contributed by atoms with Crippen molar-refractivity contribution >= 4 is 27.8 Å². The zero-order valence-electron chi connectivity index (χ0n) is 21.5. The molecule has 196 valence electrons. The van der Waals surface area contributed by atoms with E-state index < -0.39 is 0 Å². The summed E-state index contributed by atoms with van der Waals surface area (Å²) in [7, 11) is 0. The van der Waals surface area contributed by atoms with Crippen LogP contribution in [0.2, 0.25) is 0 Å². The molecule has 3 saturated carbocycles. The number of amides is 1. The molecule has 0 aliphatic heterocycles.